The van der Waals surface area contributed by atoms with Crippen molar-refractivity contribution < 1.29 is 30.9 Å². The molecule has 1 N–H and O–H groups in total. The minimum atomic E-state index is -4.14. The van der Waals surface area contributed by atoms with Gasteiger partial charge in [0.2, 0.25) is 10.0 Å². The first kappa shape index (κ1) is 27.5. The molecule has 0 amide bonds. The van der Waals surface area contributed by atoms with Gasteiger partial charge in [0.15, 0.2) is 0 Å². The van der Waals surface area contributed by atoms with Gasteiger partial charge >= 0.3 is 0 Å². The third-order valence-corrected chi connectivity index (χ3v) is 8.71. The van der Waals surface area contributed by atoms with Gasteiger partial charge < -0.3 is 9.29 Å². The lowest BCUT2D eigenvalue weighted by Crippen LogP contribution is -2.55. The van der Waals surface area contributed by atoms with Crippen LogP contribution in [0.5, 0.6) is 5.75 Å². The van der Waals surface area contributed by atoms with Crippen molar-refractivity contribution in [1.29, 1.82) is 0 Å². The van der Waals surface area contributed by atoms with Gasteiger partial charge in [0.05, 0.1) is 12.9 Å². The van der Waals surface area contributed by atoms with Crippen LogP contribution in [-0.4, -0.2) is 41.9 Å². The van der Waals surface area contributed by atoms with Crippen LogP contribution in [0.4, 0.5) is 13.2 Å². The summed E-state index contributed by atoms with van der Waals surface area (Å²) in [4.78, 5) is 0. The summed E-state index contributed by atoms with van der Waals surface area (Å²) in [6, 6.07) is 7.67. The van der Waals surface area contributed by atoms with E-state index in [1.165, 1.54) is 21.1 Å². The number of halogens is 3. The molecule has 6 nitrogen and oxygen atoms in total. The molecule has 2 aromatic carbocycles. The maximum Gasteiger partial charge on any atom is 0.216 e. The highest BCUT2D eigenvalue weighted by molar-refractivity contribution is 7.91. The van der Waals surface area contributed by atoms with Crippen LogP contribution in [0, 0.1) is 17.5 Å². The normalized spacial score (nSPS) is 15.4. The molecule has 11 heteroatoms. The molecule has 0 aliphatic carbocycles. The van der Waals surface area contributed by atoms with E-state index in [0.717, 1.165) is 4.31 Å². The zero-order valence-corrected chi connectivity index (χ0v) is 21.0. The molecule has 0 aliphatic heterocycles. The van der Waals surface area contributed by atoms with Crippen molar-refractivity contribution in [2.75, 3.05) is 19.9 Å². The summed E-state index contributed by atoms with van der Waals surface area (Å²) in [5.41, 5.74) is -2.01. The summed E-state index contributed by atoms with van der Waals surface area (Å²) in [7, 11) is -1.30. The molecule has 0 aromatic heterocycles. The molecule has 0 radical (unpaired) electrons. The van der Waals surface area contributed by atoms with E-state index in [2.05, 4.69) is 4.72 Å². The first-order valence-electron chi connectivity index (χ1n) is 10.0. The molecular formula is C22H29F3N2O4S2. The van der Waals surface area contributed by atoms with Crippen molar-refractivity contribution >= 4 is 21.4 Å². The second kappa shape index (κ2) is 10.2. The predicted octanol–water partition coefficient (Wildman–Crippen LogP) is 3.84. The number of hydrogen-bond acceptors (Lipinski definition) is 5. The summed E-state index contributed by atoms with van der Waals surface area (Å²) in [6.07, 6.45) is 0. The fourth-order valence-electron chi connectivity index (χ4n) is 3.14. The smallest absolute Gasteiger partial charge is 0.216 e. The zero-order valence-electron chi connectivity index (χ0n) is 19.4. The van der Waals surface area contributed by atoms with Crippen molar-refractivity contribution in [3.8, 4) is 5.75 Å². The van der Waals surface area contributed by atoms with Crippen molar-refractivity contribution in [1.82, 2.24) is 9.03 Å². The molecule has 0 saturated heterocycles. The number of ether oxygens (including phenoxy) is 1. The maximum atomic E-state index is 14.7. The van der Waals surface area contributed by atoms with E-state index in [0.29, 0.717) is 23.4 Å². The maximum absolute atomic E-state index is 14.7. The summed E-state index contributed by atoms with van der Waals surface area (Å²) in [6.45, 7) is 6.09. The second-order valence-corrected chi connectivity index (χ2v) is 13.0. The number of sulfonamides is 1. The molecule has 2 rings (SSSR count). The lowest BCUT2D eigenvalue weighted by molar-refractivity contribution is 0.392. The van der Waals surface area contributed by atoms with E-state index in [9.17, 15) is 26.1 Å². The van der Waals surface area contributed by atoms with Crippen molar-refractivity contribution in [3.05, 3.63) is 65.0 Å². The van der Waals surface area contributed by atoms with E-state index in [-0.39, 0.29) is 6.54 Å². The Balaban J connectivity index is 2.44. The van der Waals surface area contributed by atoms with Gasteiger partial charge in [-0.1, -0.05) is 12.1 Å². The third kappa shape index (κ3) is 6.86. The summed E-state index contributed by atoms with van der Waals surface area (Å²) < 4.78 is 90.0. The van der Waals surface area contributed by atoms with Gasteiger partial charge in [-0.05, 0) is 45.4 Å². The lowest BCUT2D eigenvalue weighted by Gasteiger charge is -2.36. The first-order chi connectivity index (χ1) is 15.1. The predicted molar refractivity (Wildman–Crippen MR) is 123 cm³/mol. The Labute approximate surface area is 196 Å². The molecule has 2 aromatic rings. The van der Waals surface area contributed by atoms with E-state index in [1.807, 2.05) is 0 Å². The van der Waals surface area contributed by atoms with Crippen LogP contribution in [-0.2, 0) is 33.5 Å². The Morgan fingerprint density at radius 1 is 1.06 bits per heavy atom. The van der Waals surface area contributed by atoms with Crippen molar-refractivity contribution in [2.45, 2.75) is 44.5 Å². The standard InChI is InChI=1S/C22H29F3N2O4S2/c1-21(2,3)32(28)26-22(4,20-18(24)11-16(23)12-19(20)25)14-33(29,30)27(5)13-15-7-9-17(31-6)10-8-15/h7-12,26H,13-14H2,1-6H3/t22?,32-/m0/s1. The number of hydrogen-bond donors (Lipinski definition) is 1. The Morgan fingerprint density at radius 3 is 2.03 bits per heavy atom. The SMILES string of the molecule is COc1ccc(CN(C)S(=O)(=O)CC(C)(N[S@@+]([O-])C(C)(C)C)c2c(F)cc(F)cc2F)cc1. The topological polar surface area (TPSA) is 81.7 Å². The zero-order chi connectivity index (χ0) is 25.2. The molecule has 0 fully saturated rings. The number of rotatable bonds is 9. The monoisotopic (exact) mass is 506 g/mol. The fourth-order valence-corrected chi connectivity index (χ4v) is 5.63. The Hall–Kier alpha value is -1.79. The summed E-state index contributed by atoms with van der Waals surface area (Å²) in [5, 5.41) is 0. The number of nitrogens with zero attached hydrogens (tertiary/aromatic N) is 1. The fraction of sp³-hybridized carbons (Fsp3) is 0.455. The van der Waals surface area contributed by atoms with Crippen LogP contribution in [0.3, 0.4) is 0 Å². The quantitative estimate of drug-likeness (QED) is 0.523. The molecule has 1 unspecified atom stereocenters. The van der Waals surface area contributed by atoms with Gasteiger partial charge in [0, 0.05) is 42.7 Å². The van der Waals surface area contributed by atoms with Crippen LogP contribution in [0.1, 0.15) is 38.8 Å². The molecule has 0 spiro atoms. The number of methoxy groups -OCH3 is 1. The molecule has 0 heterocycles. The molecule has 184 valence electrons. The number of nitrogens with one attached hydrogen (secondary N) is 1. The van der Waals surface area contributed by atoms with E-state index < -0.39 is 60.4 Å². The van der Waals surface area contributed by atoms with E-state index >= 15 is 0 Å². The minimum Gasteiger partial charge on any atom is -0.598 e. The molecule has 0 bridgehead atoms. The highest BCUT2D eigenvalue weighted by Gasteiger charge is 2.44. The molecule has 0 saturated carbocycles. The Kier molecular flexibility index (Phi) is 8.51. The third-order valence-electron chi connectivity index (χ3n) is 4.94. The lowest BCUT2D eigenvalue weighted by atomic mass is 9.94. The minimum absolute atomic E-state index is 0.0147. The van der Waals surface area contributed by atoms with Crippen LogP contribution >= 0.6 is 0 Å². The average Bonchev–Trinajstić information content (AvgIpc) is 2.66. The number of benzene rings is 2. The first-order valence-corrected chi connectivity index (χ1v) is 12.8. The van der Waals surface area contributed by atoms with Gasteiger partial charge in [-0.3, -0.25) is 0 Å². The second-order valence-electron chi connectivity index (χ2n) is 8.92. The Bertz CT molecular complexity index is 1050. The van der Waals surface area contributed by atoms with E-state index in [4.69, 9.17) is 4.74 Å². The van der Waals surface area contributed by atoms with Gasteiger partial charge in [-0.2, -0.15) is 0 Å². The van der Waals surface area contributed by atoms with Gasteiger partial charge in [-0.15, -0.1) is 4.72 Å². The van der Waals surface area contributed by atoms with Crippen LogP contribution < -0.4 is 9.46 Å². The van der Waals surface area contributed by atoms with Crippen molar-refractivity contribution in [2.24, 2.45) is 0 Å². The molecule has 33 heavy (non-hydrogen) atoms. The summed E-state index contributed by atoms with van der Waals surface area (Å²) >= 11 is -1.89. The van der Waals surface area contributed by atoms with Crippen LogP contribution in [0.25, 0.3) is 0 Å². The molecule has 0 aliphatic rings. The summed E-state index contributed by atoms with van der Waals surface area (Å²) in [5.74, 6) is -3.92. The van der Waals surface area contributed by atoms with Gasteiger partial charge in [0.25, 0.3) is 0 Å². The highest BCUT2D eigenvalue weighted by Crippen LogP contribution is 2.32. The van der Waals surface area contributed by atoms with E-state index in [1.54, 1.807) is 45.0 Å². The molecule has 2 atom stereocenters. The van der Waals surface area contributed by atoms with Crippen LogP contribution in [0.2, 0.25) is 0 Å². The average molecular weight is 507 g/mol. The molecular weight excluding hydrogens is 477 g/mol. The van der Waals surface area contributed by atoms with Crippen LogP contribution in [0.15, 0.2) is 36.4 Å². The van der Waals surface area contributed by atoms with Gasteiger partial charge in [0.1, 0.15) is 33.5 Å². The van der Waals surface area contributed by atoms with Crippen molar-refractivity contribution in [3.63, 3.8) is 0 Å². The van der Waals surface area contributed by atoms with Gasteiger partial charge in [-0.25, -0.2) is 25.9 Å². The highest BCUT2D eigenvalue weighted by atomic mass is 32.2. The largest absolute Gasteiger partial charge is 0.598 e. The Morgan fingerprint density at radius 2 is 1.58 bits per heavy atom.